The summed E-state index contributed by atoms with van der Waals surface area (Å²) in [5, 5.41) is 0.515. The first-order valence-electron chi connectivity index (χ1n) is 9.51. The SMILES string of the molecule is C[C@@H]1CCCCN1C(=O)c1c(Cl)cc(C(=O)N2CCCC[C@@H]2C)cc1Cl. The number of halogens is 2. The van der Waals surface area contributed by atoms with Crippen LogP contribution < -0.4 is 0 Å². The van der Waals surface area contributed by atoms with E-state index in [2.05, 4.69) is 13.8 Å². The molecule has 2 amide bonds. The minimum atomic E-state index is -0.141. The molecule has 4 nitrogen and oxygen atoms in total. The molecule has 0 radical (unpaired) electrons. The van der Waals surface area contributed by atoms with E-state index in [1.54, 1.807) is 12.1 Å². The fraction of sp³-hybridized carbons (Fsp3) is 0.600. The summed E-state index contributed by atoms with van der Waals surface area (Å²) in [5.41, 5.74) is 0.766. The van der Waals surface area contributed by atoms with Gasteiger partial charge in [0, 0.05) is 30.7 Å². The average Bonchev–Trinajstić information content (AvgIpc) is 2.61. The van der Waals surface area contributed by atoms with Crippen LogP contribution in [0.4, 0.5) is 0 Å². The molecule has 0 unspecified atom stereocenters. The second-order valence-corrected chi connectivity index (χ2v) is 8.32. The molecule has 0 spiro atoms. The van der Waals surface area contributed by atoms with Crippen LogP contribution in [0.5, 0.6) is 0 Å². The Morgan fingerprint density at radius 2 is 1.31 bits per heavy atom. The molecular weight excluding hydrogens is 371 g/mol. The lowest BCUT2D eigenvalue weighted by Crippen LogP contribution is -2.42. The molecule has 0 saturated carbocycles. The van der Waals surface area contributed by atoms with Gasteiger partial charge in [0.05, 0.1) is 15.6 Å². The van der Waals surface area contributed by atoms with Crippen LogP contribution in [0.25, 0.3) is 0 Å². The van der Waals surface area contributed by atoms with Crippen molar-refractivity contribution >= 4 is 35.0 Å². The first kappa shape index (κ1) is 19.5. The molecule has 2 fully saturated rings. The van der Waals surface area contributed by atoms with Crippen molar-refractivity contribution < 1.29 is 9.59 Å². The highest BCUT2D eigenvalue weighted by molar-refractivity contribution is 6.40. The first-order chi connectivity index (χ1) is 12.4. The number of hydrogen-bond acceptors (Lipinski definition) is 2. The van der Waals surface area contributed by atoms with Gasteiger partial charge in [-0.25, -0.2) is 0 Å². The highest BCUT2D eigenvalue weighted by Gasteiger charge is 2.30. The molecule has 0 bridgehead atoms. The molecule has 0 aromatic heterocycles. The molecule has 0 aliphatic carbocycles. The Morgan fingerprint density at radius 1 is 0.846 bits per heavy atom. The van der Waals surface area contributed by atoms with Crippen LogP contribution in [0.1, 0.15) is 73.1 Å². The van der Waals surface area contributed by atoms with E-state index in [1.165, 1.54) is 0 Å². The van der Waals surface area contributed by atoms with E-state index >= 15 is 0 Å². The Labute approximate surface area is 165 Å². The highest BCUT2D eigenvalue weighted by atomic mass is 35.5. The lowest BCUT2D eigenvalue weighted by atomic mass is 10.0. The second kappa shape index (κ2) is 8.18. The van der Waals surface area contributed by atoms with Gasteiger partial charge in [0.2, 0.25) is 0 Å². The number of nitrogens with zero attached hydrogens (tertiary/aromatic N) is 2. The summed E-state index contributed by atoms with van der Waals surface area (Å²) in [7, 11) is 0. The summed E-state index contributed by atoms with van der Waals surface area (Å²) in [6.45, 7) is 5.59. The number of likely N-dealkylation sites (tertiary alicyclic amines) is 2. The molecule has 2 atom stereocenters. The van der Waals surface area contributed by atoms with E-state index in [0.717, 1.165) is 51.6 Å². The van der Waals surface area contributed by atoms with Crippen molar-refractivity contribution in [3.8, 4) is 0 Å². The maximum absolute atomic E-state index is 12.9. The quantitative estimate of drug-likeness (QED) is 0.703. The van der Waals surface area contributed by atoms with E-state index in [0.29, 0.717) is 11.1 Å². The standard InChI is InChI=1S/C20H26Cl2N2O2/c1-13-7-3-5-9-23(13)19(25)15-11-16(21)18(17(22)12-15)20(26)24-10-6-4-8-14(24)2/h11-14H,3-10H2,1-2H3/t13-,14+/m0/s1. The van der Waals surface area contributed by atoms with E-state index in [4.69, 9.17) is 23.2 Å². The molecule has 2 aliphatic rings. The zero-order valence-electron chi connectivity index (χ0n) is 15.4. The lowest BCUT2D eigenvalue weighted by Gasteiger charge is -2.34. The van der Waals surface area contributed by atoms with Gasteiger partial charge < -0.3 is 9.80 Å². The zero-order valence-corrected chi connectivity index (χ0v) is 16.9. The smallest absolute Gasteiger partial charge is 0.257 e. The third-order valence-corrected chi connectivity index (χ3v) is 6.23. The topological polar surface area (TPSA) is 40.6 Å². The van der Waals surface area contributed by atoms with Crippen molar-refractivity contribution in [1.82, 2.24) is 9.80 Å². The first-order valence-corrected chi connectivity index (χ1v) is 10.3. The normalized spacial score (nSPS) is 23.8. The fourth-order valence-electron chi connectivity index (χ4n) is 4.01. The van der Waals surface area contributed by atoms with Crippen molar-refractivity contribution in [3.05, 3.63) is 33.3 Å². The Hall–Kier alpha value is -1.26. The number of carbonyl (C=O) groups is 2. The number of rotatable bonds is 2. The van der Waals surface area contributed by atoms with E-state index in [1.807, 2.05) is 9.80 Å². The summed E-state index contributed by atoms with van der Waals surface area (Å²) in [6, 6.07) is 3.58. The van der Waals surface area contributed by atoms with E-state index in [-0.39, 0.29) is 33.9 Å². The minimum Gasteiger partial charge on any atom is -0.336 e. The Morgan fingerprint density at radius 3 is 1.77 bits per heavy atom. The summed E-state index contributed by atoms with van der Waals surface area (Å²) in [6.07, 6.45) is 6.29. The van der Waals surface area contributed by atoms with Crippen molar-refractivity contribution in [2.45, 2.75) is 64.5 Å². The Bertz CT molecular complexity index is 684. The molecule has 3 rings (SSSR count). The van der Waals surface area contributed by atoms with Crippen molar-refractivity contribution in [3.63, 3.8) is 0 Å². The number of hydrogen-bond donors (Lipinski definition) is 0. The third kappa shape index (κ3) is 3.86. The molecular formula is C20H26Cl2N2O2. The summed E-state index contributed by atoms with van der Waals surface area (Å²) >= 11 is 12.8. The number of amides is 2. The van der Waals surface area contributed by atoms with Crippen LogP contribution in [-0.2, 0) is 0 Å². The summed E-state index contributed by atoms with van der Waals surface area (Å²) < 4.78 is 0. The largest absolute Gasteiger partial charge is 0.336 e. The predicted molar refractivity (Wildman–Crippen MR) is 105 cm³/mol. The fourth-order valence-corrected chi connectivity index (χ4v) is 4.66. The minimum absolute atomic E-state index is 0.0636. The predicted octanol–water partition coefficient (Wildman–Crippen LogP) is 5.02. The molecule has 2 heterocycles. The van der Waals surface area contributed by atoms with E-state index in [9.17, 15) is 9.59 Å². The number of benzene rings is 1. The molecule has 1 aromatic rings. The van der Waals surface area contributed by atoms with Crippen LogP contribution >= 0.6 is 23.2 Å². The molecule has 2 saturated heterocycles. The molecule has 6 heteroatoms. The van der Waals surface area contributed by atoms with Crippen molar-refractivity contribution in [2.24, 2.45) is 0 Å². The van der Waals surface area contributed by atoms with Crippen LogP contribution in [0.15, 0.2) is 12.1 Å². The van der Waals surface area contributed by atoms with Gasteiger partial charge in [-0.05, 0) is 64.5 Å². The monoisotopic (exact) mass is 396 g/mol. The van der Waals surface area contributed by atoms with Gasteiger partial charge in [-0.1, -0.05) is 23.2 Å². The van der Waals surface area contributed by atoms with E-state index < -0.39 is 0 Å². The van der Waals surface area contributed by atoms with Gasteiger partial charge in [0.1, 0.15) is 0 Å². The summed E-state index contributed by atoms with van der Waals surface area (Å²) in [5.74, 6) is -0.205. The highest BCUT2D eigenvalue weighted by Crippen LogP contribution is 2.31. The zero-order chi connectivity index (χ0) is 18.8. The Kier molecular flexibility index (Phi) is 6.13. The van der Waals surface area contributed by atoms with Gasteiger partial charge in [0.25, 0.3) is 11.8 Å². The summed E-state index contributed by atoms with van der Waals surface area (Å²) in [4.78, 5) is 29.5. The van der Waals surface area contributed by atoms with Gasteiger partial charge in [-0.2, -0.15) is 0 Å². The third-order valence-electron chi connectivity index (χ3n) is 5.63. The Balaban J connectivity index is 1.86. The van der Waals surface area contributed by atoms with Crippen LogP contribution in [0.2, 0.25) is 10.0 Å². The van der Waals surface area contributed by atoms with Crippen LogP contribution in [-0.4, -0.2) is 46.8 Å². The average molecular weight is 397 g/mol. The number of piperidine rings is 2. The van der Waals surface area contributed by atoms with Gasteiger partial charge in [0.15, 0.2) is 0 Å². The van der Waals surface area contributed by atoms with Crippen molar-refractivity contribution in [1.29, 1.82) is 0 Å². The van der Waals surface area contributed by atoms with Gasteiger partial charge in [-0.15, -0.1) is 0 Å². The van der Waals surface area contributed by atoms with Crippen LogP contribution in [0.3, 0.4) is 0 Å². The molecule has 2 aliphatic heterocycles. The molecule has 26 heavy (non-hydrogen) atoms. The second-order valence-electron chi connectivity index (χ2n) is 7.50. The molecule has 142 valence electrons. The van der Waals surface area contributed by atoms with Gasteiger partial charge >= 0.3 is 0 Å². The number of carbonyl (C=O) groups excluding carboxylic acids is 2. The molecule has 0 N–H and O–H groups in total. The maximum Gasteiger partial charge on any atom is 0.257 e. The van der Waals surface area contributed by atoms with Crippen LogP contribution in [0, 0.1) is 0 Å². The maximum atomic E-state index is 12.9. The van der Waals surface area contributed by atoms with Crippen molar-refractivity contribution in [2.75, 3.05) is 13.1 Å². The molecule has 1 aromatic carbocycles. The lowest BCUT2D eigenvalue weighted by molar-refractivity contribution is 0.0623. The van der Waals surface area contributed by atoms with Gasteiger partial charge in [-0.3, -0.25) is 9.59 Å².